The Bertz CT molecular complexity index is 719. The molecule has 4 fully saturated rings. The first-order chi connectivity index (χ1) is 13.5. The van der Waals surface area contributed by atoms with Crippen molar-refractivity contribution in [1.82, 2.24) is 0 Å². The predicted molar refractivity (Wildman–Crippen MR) is 95.1 cm³/mol. The van der Waals surface area contributed by atoms with E-state index in [-0.39, 0.29) is 24.9 Å². The number of hydrogen-bond donors (Lipinski definition) is 0. The minimum atomic E-state index is -1.20. The van der Waals surface area contributed by atoms with Crippen molar-refractivity contribution in [1.29, 1.82) is 0 Å². The van der Waals surface area contributed by atoms with Crippen LogP contribution in [0.15, 0.2) is 0 Å². The van der Waals surface area contributed by atoms with Crippen LogP contribution in [0.2, 0.25) is 0 Å². The van der Waals surface area contributed by atoms with E-state index in [0.717, 1.165) is 0 Å². The van der Waals surface area contributed by atoms with Crippen LogP contribution in [0.3, 0.4) is 0 Å². The predicted octanol–water partition coefficient (Wildman–Crippen LogP) is 1.32. The van der Waals surface area contributed by atoms with Crippen molar-refractivity contribution < 1.29 is 42.8 Å². The lowest BCUT2D eigenvalue weighted by molar-refractivity contribution is -0.232. The molecule has 9 nitrogen and oxygen atoms in total. The standard InChI is InChI=1S/C20H28O9/c1-9(2)6-19(5,10(3)4)18(23)27-14-12-13(25-16(14)22)15-17(26-12)29-20(28-15)7-11(21)24-8-20/h9-10,12-15,17H,6-8H2,1-5H3. The minimum absolute atomic E-state index is 0.0286. The minimum Gasteiger partial charge on any atom is -0.460 e. The third-order valence-corrected chi connectivity index (χ3v) is 6.35. The lowest BCUT2D eigenvalue weighted by Gasteiger charge is -2.34. The lowest BCUT2D eigenvalue weighted by Crippen LogP contribution is -2.43. The quantitative estimate of drug-likeness (QED) is 0.488. The van der Waals surface area contributed by atoms with Gasteiger partial charge in [-0.05, 0) is 25.2 Å². The van der Waals surface area contributed by atoms with E-state index in [1.807, 2.05) is 34.6 Å². The second-order valence-electron chi connectivity index (χ2n) is 9.32. The summed E-state index contributed by atoms with van der Waals surface area (Å²) in [5.41, 5.74) is -0.736. The Morgan fingerprint density at radius 3 is 2.48 bits per heavy atom. The fraction of sp³-hybridized carbons (Fsp3) is 0.850. The summed E-state index contributed by atoms with van der Waals surface area (Å²) in [5.74, 6) is -2.42. The Morgan fingerprint density at radius 2 is 1.90 bits per heavy atom. The molecular weight excluding hydrogens is 384 g/mol. The molecule has 4 rings (SSSR count). The van der Waals surface area contributed by atoms with Gasteiger partial charge in [-0.25, -0.2) is 4.79 Å². The molecule has 7 unspecified atom stereocenters. The Labute approximate surface area is 169 Å². The zero-order chi connectivity index (χ0) is 21.1. The highest BCUT2D eigenvalue weighted by atomic mass is 16.9. The number of fused-ring (bicyclic) bond motifs is 3. The van der Waals surface area contributed by atoms with Crippen LogP contribution >= 0.6 is 0 Å². The number of hydrogen-bond acceptors (Lipinski definition) is 9. The second-order valence-corrected chi connectivity index (χ2v) is 9.32. The van der Waals surface area contributed by atoms with Crippen LogP contribution in [0, 0.1) is 17.3 Å². The van der Waals surface area contributed by atoms with Gasteiger partial charge in [-0.3, -0.25) is 9.59 Å². The first-order valence-electron chi connectivity index (χ1n) is 10.1. The van der Waals surface area contributed by atoms with Gasteiger partial charge in [0.05, 0.1) is 5.41 Å². The van der Waals surface area contributed by atoms with Crippen LogP contribution in [-0.4, -0.2) is 61.0 Å². The Morgan fingerprint density at radius 1 is 1.17 bits per heavy atom. The summed E-state index contributed by atoms with van der Waals surface area (Å²) in [7, 11) is 0. The molecule has 4 saturated heterocycles. The van der Waals surface area contributed by atoms with Crippen molar-refractivity contribution in [2.45, 2.75) is 84.0 Å². The van der Waals surface area contributed by atoms with E-state index in [1.54, 1.807) is 0 Å². The number of ether oxygens (including phenoxy) is 6. The third-order valence-electron chi connectivity index (χ3n) is 6.35. The maximum absolute atomic E-state index is 13.0. The van der Waals surface area contributed by atoms with Gasteiger partial charge in [0.2, 0.25) is 11.9 Å². The molecule has 0 aliphatic carbocycles. The van der Waals surface area contributed by atoms with Crippen molar-refractivity contribution in [2.75, 3.05) is 6.61 Å². The molecule has 0 radical (unpaired) electrons. The summed E-state index contributed by atoms with van der Waals surface area (Å²) in [4.78, 5) is 36.9. The van der Waals surface area contributed by atoms with Crippen LogP contribution in [-0.2, 0) is 42.8 Å². The fourth-order valence-corrected chi connectivity index (χ4v) is 4.50. The largest absolute Gasteiger partial charge is 0.460 e. The normalized spacial score (nSPS) is 40.2. The van der Waals surface area contributed by atoms with E-state index in [4.69, 9.17) is 28.4 Å². The van der Waals surface area contributed by atoms with Crippen molar-refractivity contribution in [3.63, 3.8) is 0 Å². The lowest BCUT2D eigenvalue weighted by atomic mass is 9.73. The average Bonchev–Trinajstić information content (AvgIpc) is 3.31. The summed E-state index contributed by atoms with van der Waals surface area (Å²) < 4.78 is 33.5. The number of esters is 3. The molecule has 9 heteroatoms. The van der Waals surface area contributed by atoms with E-state index in [0.29, 0.717) is 6.42 Å². The molecule has 0 aromatic carbocycles. The van der Waals surface area contributed by atoms with E-state index in [9.17, 15) is 14.4 Å². The van der Waals surface area contributed by atoms with E-state index in [1.165, 1.54) is 0 Å². The van der Waals surface area contributed by atoms with Crippen LogP contribution in [0.5, 0.6) is 0 Å². The van der Waals surface area contributed by atoms with Gasteiger partial charge >= 0.3 is 17.9 Å². The molecule has 7 atom stereocenters. The smallest absolute Gasteiger partial charge is 0.350 e. The van der Waals surface area contributed by atoms with E-state index in [2.05, 4.69) is 0 Å². The summed E-state index contributed by atoms with van der Waals surface area (Å²) in [6, 6.07) is 0. The van der Waals surface area contributed by atoms with Gasteiger partial charge in [-0.1, -0.05) is 27.7 Å². The first-order valence-corrected chi connectivity index (χ1v) is 10.1. The summed E-state index contributed by atoms with van der Waals surface area (Å²) in [6.07, 6.45) is -3.69. The van der Waals surface area contributed by atoms with Gasteiger partial charge < -0.3 is 28.4 Å². The van der Waals surface area contributed by atoms with Crippen LogP contribution < -0.4 is 0 Å². The molecule has 4 heterocycles. The van der Waals surface area contributed by atoms with Crippen molar-refractivity contribution in [3.05, 3.63) is 0 Å². The zero-order valence-corrected chi connectivity index (χ0v) is 17.3. The highest BCUT2D eigenvalue weighted by molar-refractivity contribution is 5.84. The molecule has 162 valence electrons. The van der Waals surface area contributed by atoms with Gasteiger partial charge in [-0.15, -0.1) is 0 Å². The van der Waals surface area contributed by atoms with Crippen molar-refractivity contribution >= 4 is 17.9 Å². The van der Waals surface area contributed by atoms with Gasteiger partial charge in [0.25, 0.3) is 0 Å². The number of carbonyl (C=O) groups excluding carboxylic acids is 3. The Balaban J connectivity index is 1.46. The zero-order valence-electron chi connectivity index (χ0n) is 17.3. The van der Waals surface area contributed by atoms with Crippen molar-refractivity contribution in [2.24, 2.45) is 17.3 Å². The van der Waals surface area contributed by atoms with Crippen LogP contribution in [0.4, 0.5) is 0 Å². The molecule has 0 saturated carbocycles. The van der Waals surface area contributed by atoms with Crippen LogP contribution in [0.25, 0.3) is 0 Å². The fourth-order valence-electron chi connectivity index (χ4n) is 4.50. The molecule has 29 heavy (non-hydrogen) atoms. The van der Waals surface area contributed by atoms with Gasteiger partial charge in [0, 0.05) is 0 Å². The molecule has 1 spiro atoms. The molecule has 4 aliphatic rings. The second kappa shape index (κ2) is 6.92. The SMILES string of the molecule is CC(C)CC(C)(C(=O)OC1C(=O)OC2C3OC4(COC(=O)C4)OC3OC12)C(C)C. The maximum Gasteiger partial charge on any atom is 0.350 e. The topological polar surface area (TPSA) is 107 Å². The number of carbonyl (C=O) groups is 3. The Kier molecular flexibility index (Phi) is 4.91. The Hall–Kier alpha value is -1.71. The molecule has 4 aliphatic heterocycles. The monoisotopic (exact) mass is 412 g/mol. The molecule has 0 amide bonds. The molecule has 0 N–H and O–H groups in total. The average molecular weight is 412 g/mol. The van der Waals surface area contributed by atoms with E-state index < -0.39 is 59.8 Å². The van der Waals surface area contributed by atoms with Crippen molar-refractivity contribution in [3.8, 4) is 0 Å². The summed E-state index contributed by atoms with van der Waals surface area (Å²) in [5, 5.41) is 0. The maximum atomic E-state index is 13.0. The first kappa shape index (κ1) is 20.6. The van der Waals surface area contributed by atoms with Gasteiger partial charge in [0.15, 0.2) is 18.5 Å². The van der Waals surface area contributed by atoms with Gasteiger partial charge in [0.1, 0.15) is 19.1 Å². The molecule has 0 aromatic rings. The number of rotatable bonds is 5. The molecule has 0 bridgehead atoms. The molecule has 0 aromatic heterocycles. The molecular formula is C20H28O9. The third kappa shape index (κ3) is 3.33. The highest BCUT2D eigenvalue weighted by Crippen LogP contribution is 2.46. The highest BCUT2D eigenvalue weighted by Gasteiger charge is 2.67. The van der Waals surface area contributed by atoms with Crippen LogP contribution in [0.1, 0.15) is 47.5 Å². The summed E-state index contributed by atoms with van der Waals surface area (Å²) in [6.45, 7) is 9.82. The summed E-state index contributed by atoms with van der Waals surface area (Å²) >= 11 is 0. The van der Waals surface area contributed by atoms with E-state index >= 15 is 0 Å². The number of cyclic esters (lactones) is 1. The van der Waals surface area contributed by atoms with Gasteiger partial charge in [-0.2, -0.15) is 0 Å².